The van der Waals surface area contributed by atoms with Crippen molar-refractivity contribution < 1.29 is 23.0 Å². The van der Waals surface area contributed by atoms with E-state index < -0.39 is 18.2 Å². The summed E-state index contributed by atoms with van der Waals surface area (Å²) in [4.78, 5) is 0. The smallest absolute Gasteiger partial charge is 0.387 e. The number of phenols is 1. The number of alkyl halides is 2. The Hall–Kier alpha value is -2.37. The fraction of sp³-hybridized carbons (Fsp3) is 0.200. The molecule has 2 aromatic rings. The summed E-state index contributed by atoms with van der Waals surface area (Å²) in [7, 11) is 0. The van der Waals surface area contributed by atoms with Gasteiger partial charge < -0.3 is 15.2 Å². The van der Waals surface area contributed by atoms with E-state index in [0.29, 0.717) is 11.3 Å². The Morgan fingerprint density at radius 2 is 1.95 bits per heavy atom. The zero-order chi connectivity index (χ0) is 15.4. The van der Waals surface area contributed by atoms with E-state index in [9.17, 15) is 18.3 Å². The molecule has 0 saturated carbocycles. The molecule has 0 aliphatic heterocycles. The number of nitrogens with one attached hydrogen (secondary N) is 1. The second-order valence-corrected chi connectivity index (χ2v) is 4.51. The lowest BCUT2D eigenvalue weighted by atomic mass is 10.1. The minimum absolute atomic E-state index is 0.131. The van der Waals surface area contributed by atoms with Crippen molar-refractivity contribution in [3.05, 3.63) is 53.3 Å². The molecule has 2 N–H and O–H groups in total. The predicted molar refractivity (Wildman–Crippen MR) is 73.2 cm³/mol. The highest BCUT2D eigenvalue weighted by Crippen LogP contribution is 2.24. The highest BCUT2D eigenvalue weighted by Gasteiger charge is 2.10. The lowest BCUT2D eigenvalue weighted by Gasteiger charge is -2.11. The first-order valence-electron chi connectivity index (χ1n) is 6.22. The lowest BCUT2D eigenvalue weighted by Crippen LogP contribution is -2.05. The summed E-state index contributed by atoms with van der Waals surface area (Å²) in [6.07, 6.45) is 0. The number of aromatic hydroxyl groups is 1. The molecule has 0 aromatic heterocycles. The van der Waals surface area contributed by atoms with E-state index >= 15 is 0 Å². The summed E-state index contributed by atoms with van der Waals surface area (Å²) in [5.41, 5.74) is 2.04. The van der Waals surface area contributed by atoms with Crippen LogP contribution in [0.3, 0.4) is 0 Å². The average Bonchev–Trinajstić information content (AvgIpc) is 2.42. The largest absolute Gasteiger partial charge is 0.508 e. The zero-order valence-corrected chi connectivity index (χ0v) is 11.2. The second kappa shape index (κ2) is 6.39. The van der Waals surface area contributed by atoms with Crippen LogP contribution in [0.2, 0.25) is 0 Å². The quantitative estimate of drug-likeness (QED) is 0.874. The number of benzene rings is 2. The number of rotatable bonds is 5. The van der Waals surface area contributed by atoms with Gasteiger partial charge in [0.2, 0.25) is 0 Å². The van der Waals surface area contributed by atoms with E-state index in [2.05, 4.69) is 10.1 Å². The van der Waals surface area contributed by atoms with Crippen molar-refractivity contribution >= 4 is 5.69 Å². The molecular formula is C15H14F3NO2. The Balaban J connectivity index is 2.07. The monoisotopic (exact) mass is 297 g/mol. The van der Waals surface area contributed by atoms with Crippen molar-refractivity contribution in [1.29, 1.82) is 0 Å². The van der Waals surface area contributed by atoms with Gasteiger partial charge in [-0.05, 0) is 25.1 Å². The first kappa shape index (κ1) is 15.0. The van der Waals surface area contributed by atoms with Gasteiger partial charge in [-0.3, -0.25) is 0 Å². The average molecular weight is 297 g/mol. The van der Waals surface area contributed by atoms with Crippen LogP contribution < -0.4 is 10.1 Å². The standard InChI is InChI=1S/C15H14F3NO2/c1-9-2-4-13(20)10(6-9)8-19-11-3-5-14(12(16)7-11)21-15(17)18/h2-7,15,19-20H,8H2,1H3. The summed E-state index contributed by atoms with van der Waals surface area (Å²) in [6, 6.07) is 8.76. The van der Waals surface area contributed by atoms with Crippen LogP contribution in [-0.4, -0.2) is 11.7 Å². The normalized spacial score (nSPS) is 10.7. The van der Waals surface area contributed by atoms with E-state index in [0.717, 1.165) is 17.7 Å². The van der Waals surface area contributed by atoms with Gasteiger partial charge in [0.1, 0.15) is 5.75 Å². The first-order chi connectivity index (χ1) is 9.95. The Labute approximate surface area is 120 Å². The van der Waals surface area contributed by atoms with Gasteiger partial charge in [-0.15, -0.1) is 0 Å². The van der Waals surface area contributed by atoms with E-state index in [1.807, 2.05) is 6.92 Å². The first-order valence-corrected chi connectivity index (χ1v) is 6.22. The minimum atomic E-state index is -3.07. The number of hydrogen-bond acceptors (Lipinski definition) is 3. The number of halogens is 3. The molecule has 0 aliphatic rings. The van der Waals surface area contributed by atoms with Gasteiger partial charge in [-0.25, -0.2) is 4.39 Å². The van der Waals surface area contributed by atoms with Crippen molar-refractivity contribution in [3.8, 4) is 11.5 Å². The predicted octanol–water partition coefficient (Wildman–Crippen LogP) is 4.05. The molecule has 0 amide bonds. The minimum Gasteiger partial charge on any atom is -0.508 e. The lowest BCUT2D eigenvalue weighted by molar-refractivity contribution is -0.0521. The molecule has 0 heterocycles. The molecule has 0 radical (unpaired) electrons. The third-order valence-electron chi connectivity index (χ3n) is 2.87. The van der Waals surface area contributed by atoms with Crippen molar-refractivity contribution in [2.75, 3.05) is 5.32 Å². The Kier molecular flexibility index (Phi) is 4.57. The molecule has 0 bridgehead atoms. The van der Waals surface area contributed by atoms with Gasteiger partial charge in [-0.1, -0.05) is 17.7 Å². The SMILES string of the molecule is Cc1ccc(O)c(CNc2ccc(OC(F)F)c(F)c2)c1. The second-order valence-electron chi connectivity index (χ2n) is 4.51. The molecule has 2 aromatic carbocycles. The number of aryl methyl sites for hydroxylation is 1. The summed E-state index contributed by atoms with van der Waals surface area (Å²) >= 11 is 0. The van der Waals surface area contributed by atoms with E-state index in [1.54, 1.807) is 18.2 Å². The van der Waals surface area contributed by atoms with Crippen LogP contribution in [0.25, 0.3) is 0 Å². The summed E-state index contributed by atoms with van der Waals surface area (Å²) in [5.74, 6) is -1.26. The third kappa shape index (κ3) is 4.05. The molecule has 3 nitrogen and oxygen atoms in total. The summed E-state index contributed by atoms with van der Waals surface area (Å²) < 4.78 is 41.6. The molecule has 0 unspecified atom stereocenters. The van der Waals surface area contributed by atoms with Gasteiger partial charge >= 0.3 is 6.61 Å². The number of ether oxygens (including phenoxy) is 1. The van der Waals surface area contributed by atoms with Gasteiger partial charge in [0, 0.05) is 23.9 Å². The Bertz CT molecular complexity index is 632. The molecule has 2 rings (SSSR count). The van der Waals surface area contributed by atoms with Gasteiger partial charge in [0.05, 0.1) is 0 Å². The number of phenolic OH excluding ortho intramolecular Hbond substituents is 1. The molecule has 6 heteroatoms. The molecule has 0 atom stereocenters. The highest BCUT2D eigenvalue weighted by molar-refractivity contribution is 5.48. The Morgan fingerprint density at radius 1 is 1.19 bits per heavy atom. The Morgan fingerprint density at radius 3 is 2.62 bits per heavy atom. The maximum atomic E-state index is 13.5. The molecule has 21 heavy (non-hydrogen) atoms. The molecule has 0 spiro atoms. The number of anilines is 1. The van der Waals surface area contributed by atoms with Crippen LogP contribution >= 0.6 is 0 Å². The summed E-state index contributed by atoms with van der Waals surface area (Å²) in [5, 5.41) is 12.6. The van der Waals surface area contributed by atoms with Gasteiger partial charge in [-0.2, -0.15) is 8.78 Å². The third-order valence-corrected chi connectivity index (χ3v) is 2.87. The van der Waals surface area contributed by atoms with Crippen LogP contribution in [0.1, 0.15) is 11.1 Å². The van der Waals surface area contributed by atoms with Crippen LogP contribution in [0.15, 0.2) is 36.4 Å². The van der Waals surface area contributed by atoms with Gasteiger partial charge in [0.15, 0.2) is 11.6 Å². The van der Waals surface area contributed by atoms with Crippen LogP contribution in [0.4, 0.5) is 18.9 Å². The van der Waals surface area contributed by atoms with E-state index in [1.165, 1.54) is 6.07 Å². The summed E-state index contributed by atoms with van der Waals surface area (Å²) in [6.45, 7) is -0.899. The van der Waals surface area contributed by atoms with Crippen molar-refractivity contribution in [1.82, 2.24) is 0 Å². The van der Waals surface area contributed by atoms with E-state index in [-0.39, 0.29) is 12.3 Å². The fourth-order valence-corrected chi connectivity index (χ4v) is 1.86. The molecule has 0 aliphatic carbocycles. The molecular weight excluding hydrogens is 283 g/mol. The van der Waals surface area contributed by atoms with Crippen LogP contribution in [-0.2, 0) is 6.54 Å². The van der Waals surface area contributed by atoms with Crippen molar-refractivity contribution in [3.63, 3.8) is 0 Å². The topological polar surface area (TPSA) is 41.5 Å². The maximum Gasteiger partial charge on any atom is 0.387 e. The number of hydrogen-bond donors (Lipinski definition) is 2. The molecule has 112 valence electrons. The van der Waals surface area contributed by atoms with Crippen LogP contribution in [0.5, 0.6) is 11.5 Å². The van der Waals surface area contributed by atoms with E-state index in [4.69, 9.17) is 0 Å². The highest BCUT2D eigenvalue weighted by atomic mass is 19.3. The van der Waals surface area contributed by atoms with Crippen molar-refractivity contribution in [2.45, 2.75) is 20.1 Å². The molecule has 0 fully saturated rings. The van der Waals surface area contributed by atoms with Crippen LogP contribution in [0, 0.1) is 12.7 Å². The maximum absolute atomic E-state index is 13.5. The fourth-order valence-electron chi connectivity index (χ4n) is 1.86. The molecule has 0 saturated heterocycles. The van der Waals surface area contributed by atoms with Gasteiger partial charge in [0.25, 0.3) is 0 Å². The zero-order valence-electron chi connectivity index (χ0n) is 11.2. The van der Waals surface area contributed by atoms with Crippen molar-refractivity contribution in [2.24, 2.45) is 0 Å².